The molecule has 0 aromatic rings. The fourth-order valence-corrected chi connectivity index (χ4v) is 0.933. The van der Waals surface area contributed by atoms with Crippen molar-refractivity contribution >= 4 is 12.1 Å². The summed E-state index contributed by atoms with van der Waals surface area (Å²) in [5.41, 5.74) is 0. The second-order valence-corrected chi connectivity index (χ2v) is 3.18. The van der Waals surface area contributed by atoms with Gasteiger partial charge in [-0.25, -0.2) is 4.79 Å². The zero-order valence-electron chi connectivity index (χ0n) is 8.98. The molecule has 5 heteroatoms. The number of amides is 1. The summed E-state index contributed by atoms with van der Waals surface area (Å²) in [6.45, 7) is 5.23. The van der Waals surface area contributed by atoms with Gasteiger partial charge in [-0.2, -0.15) is 0 Å². The van der Waals surface area contributed by atoms with Gasteiger partial charge in [-0.3, -0.25) is 4.79 Å². The molecule has 0 saturated heterocycles. The SMILES string of the molecule is CCOC(=O)N(C)C(C)C(C)C(=O)O. The highest BCUT2D eigenvalue weighted by Crippen LogP contribution is 2.10. The average molecular weight is 203 g/mol. The summed E-state index contributed by atoms with van der Waals surface area (Å²) in [5, 5.41) is 8.73. The Kier molecular flexibility index (Phi) is 4.97. The molecule has 0 aromatic carbocycles. The lowest BCUT2D eigenvalue weighted by atomic mass is 10.0. The summed E-state index contributed by atoms with van der Waals surface area (Å²) in [5.74, 6) is -1.53. The van der Waals surface area contributed by atoms with Crippen molar-refractivity contribution in [2.24, 2.45) is 5.92 Å². The number of carboxylic acid groups (broad SMARTS) is 1. The fourth-order valence-electron chi connectivity index (χ4n) is 0.933. The van der Waals surface area contributed by atoms with Crippen molar-refractivity contribution in [3.8, 4) is 0 Å². The molecular weight excluding hydrogens is 186 g/mol. The van der Waals surface area contributed by atoms with Crippen LogP contribution in [0, 0.1) is 5.92 Å². The molecule has 0 heterocycles. The Labute approximate surface area is 83.6 Å². The maximum atomic E-state index is 11.2. The predicted octanol–water partition coefficient (Wildman–Crippen LogP) is 1.18. The number of hydrogen-bond acceptors (Lipinski definition) is 3. The summed E-state index contributed by atoms with van der Waals surface area (Å²) in [7, 11) is 1.53. The van der Waals surface area contributed by atoms with Crippen LogP contribution in [0.2, 0.25) is 0 Å². The minimum atomic E-state index is -0.923. The van der Waals surface area contributed by atoms with Gasteiger partial charge < -0.3 is 14.7 Å². The monoisotopic (exact) mass is 203 g/mol. The molecule has 0 aliphatic rings. The van der Waals surface area contributed by atoms with E-state index in [1.165, 1.54) is 11.9 Å². The van der Waals surface area contributed by atoms with E-state index in [0.29, 0.717) is 0 Å². The van der Waals surface area contributed by atoms with Crippen molar-refractivity contribution in [3.63, 3.8) is 0 Å². The molecular formula is C9H17NO4. The number of carbonyl (C=O) groups is 2. The van der Waals surface area contributed by atoms with Gasteiger partial charge >= 0.3 is 12.1 Å². The van der Waals surface area contributed by atoms with Crippen molar-refractivity contribution in [3.05, 3.63) is 0 Å². The van der Waals surface area contributed by atoms with Crippen LogP contribution in [-0.2, 0) is 9.53 Å². The maximum Gasteiger partial charge on any atom is 0.409 e. The summed E-state index contributed by atoms with van der Waals surface area (Å²) in [6.07, 6.45) is -0.492. The number of aliphatic carboxylic acids is 1. The van der Waals surface area contributed by atoms with Crippen molar-refractivity contribution in [1.29, 1.82) is 0 Å². The molecule has 82 valence electrons. The highest BCUT2D eigenvalue weighted by Gasteiger charge is 2.26. The first-order valence-electron chi connectivity index (χ1n) is 4.54. The first-order valence-corrected chi connectivity index (χ1v) is 4.54. The number of nitrogens with zero attached hydrogens (tertiary/aromatic N) is 1. The topological polar surface area (TPSA) is 66.8 Å². The van der Waals surface area contributed by atoms with Crippen LogP contribution in [0.1, 0.15) is 20.8 Å². The Morgan fingerprint density at radius 1 is 1.43 bits per heavy atom. The second kappa shape index (κ2) is 5.47. The van der Waals surface area contributed by atoms with Gasteiger partial charge in [0, 0.05) is 13.1 Å². The summed E-state index contributed by atoms with van der Waals surface area (Å²) >= 11 is 0. The van der Waals surface area contributed by atoms with Crippen LogP contribution < -0.4 is 0 Å². The lowest BCUT2D eigenvalue weighted by Crippen LogP contribution is -2.41. The number of carboxylic acids is 1. The largest absolute Gasteiger partial charge is 0.481 e. The minimum Gasteiger partial charge on any atom is -0.481 e. The number of rotatable bonds is 4. The zero-order chi connectivity index (χ0) is 11.3. The summed E-state index contributed by atoms with van der Waals surface area (Å²) in [4.78, 5) is 23.2. The summed E-state index contributed by atoms with van der Waals surface area (Å²) in [6, 6.07) is -0.383. The molecule has 0 bridgehead atoms. The van der Waals surface area contributed by atoms with Gasteiger partial charge in [0.15, 0.2) is 0 Å². The Morgan fingerprint density at radius 3 is 2.29 bits per heavy atom. The van der Waals surface area contributed by atoms with Crippen LogP contribution in [0.15, 0.2) is 0 Å². The van der Waals surface area contributed by atoms with Crippen molar-refractivity contribution in [2.75, 3.05) is 13.7 Å². The molecule has 5 nitrogen and oxygen atoms in total. The highest BCUT2D eigenvalue weighted by molar-refractivity contribution is 5.73. The predicted molar refractivity (Wildman–Crippen MR) is 51.0 cm³/mol. The molecule has 0 aliphatic heterocycles. The molecule has 1 N–H and O–H groups in total. The van der Waals surface area contributed by atoms with Crippen molar-refractivity contribution < 1.29 is 19.4 Å². The van der Waals surface area contributed by atoms with Crippen LogP contribution in [0.25, 0.3) is 0 Å². The molecule has 14 heavy (non-hydrogen) atoms. The van der Waals surface area contributed by atoms with Crippen LogP contribution in [0.3, 0.4) is 0 Å². The molecule has 2 atom stereocenters. The van der Waals surface area contributed by atoms with E-state index in [4.69, 9.17) is 9.84 Å². The van der Waals surface area contributed by atoms with Crippen molar-refractivity contribution in [2.45, 2.75) is 26.8 Å². The summed E-state index contributed by atoms with van der Waals surface area (Å²) < 4.78 is 4.75. The average Bonchev–Trinajstić information content (AvgIpc) is 2.14. The lowest BCUT2D eigenvalue weighted by molar-refractivity contribution is -0.142. The first kappa shape index (κ1) is 12.7. The Hall–Kier alpha value is -1.26. The van der Waals surface area contributed by atoms with Crippen LogP contribution >= 0.6 is 0 Å². The molecule has 1 amide bonds. The van der Waals surface area contributed by atoms with Crippen LogP contribution in [0.5, 0.6) is 0 Å². The zero-order valence-corrected chi connectivity index (χ0v) is 8.98. The Bertz CT molecular complexity index is 217. The van der Waals surface area contributed by atoms with Crippen LogP contribution in [-0.4, -0.2) is 41.8 Å². The number of carbonyl (C=O) groups excluding carboxylic acids is 1. The van der Waals surface area contributed by atoms with Gasteiger partial charge in [0.1, 0.15) is 0 Å². The normalized spacial score (nSPS) is 14.3. The minimum absolute atomic E-state index is 0.289. The van der Waals surface area contributed by atoms with Gasteiger partial charge in [0.05, 0.1) is 12.5 Å². The quantitative estimate of drug-likeness (QED) is 0.745. The Balaban J connectivity index is 4.30. The van der Waals surface area contributed by atoms with Gasteiger partial charge in [-0.15, -0.1) is 0 Å². The van der Waals surface area contributed by atoms with Crippen molar-refractivity contribution in [1.82, 2.24) is 4.90 Å². The molecule has 0 saturated carbocycles. The van der Waals surface area contributed by atoms with Gasteiger partial charge in [0.25, 0.3) is 0 Å². The Morgan fingerprint density at radius 2 is 1.93 bits per heavy atom. The van der Waals surface area contributed by atoms with E-state index in [9.17, 15) is 9.59 Å². The first-order chi connectivity index (χ1) is 6.41. The third-order valence-electron chi connectivity index (χ3n) is 2.28. The molecule has 0 aromatic heterocycles. The van der Waals surface area contributed by atoms with Gasteiger partial charge in [-0.1, -0.05) is 0 Å². The van der Waals surface area contributed by atoms with E-state index in [2.05, 4.69) is 0 Å². The third-order valence-corrected chi connectivity index (χ3v) is 2.28. The van der Waals surface area contributed by atoms with E-state index in [-0.39, 0.29) is 12.6 Å². The molecule has 0 rings (SSSR count). The van der Waals surface area contributed by atoms with E-state index in [1.54, 1.807) is 20.8 Å². The fraction of sp³-hybridized carbons (Fsp3) is 0.778. The lowest BCUT2D eigenvalue weighted by Gasteiger charge is -2.26. The smallest absolute Gasteiger partial charge is 0.409 e. The third kappa shape index (κ3) is 3.24. The maximum absolute atomic E-state index is 11.2. The van der Waals surface area contributed by atoms with Gasteiger partial charge in [0.2, 0.25) is 0 Å². The standard InChI is InChI=1S/C9H17NO4/c1-5-14-9(13)10(4)7(3)6(2)8(11)12/h6-7H,5H2,1-4H3,(H,11,12). The van der Waals surface area contributed by atoms with Gasteiger partial charge in [-0.05, 0) is 20.8 Å². The molecule has 0 fully saturated rings. The van der Waals surface area contributed by atoms with E-state index >= 15 is 0 Å². The van der Waals surface area contributed by atoms with E-state index in [0.717, 1.165) is 0 Å². The van der Waals surface area contributed by atoms with E-state index in [1.807, 2.05) is 0 Å². The molecule has 2 unspecified atom stereocenters. The molecule has 0 aliphatic carbocycles. The van der Waals surface area contributed by atoms with Crippen LogP contribution in [0.4, 0.5) is 4.79 Å². The highest BCUT2D eigenvalue weighted by atomic mass is 16.6. The second-order valence-electron chi connectivity index (χ2n) is 3.18. The number of ether oxygens (including phenoxy) is 1. The number of hydrogen-bond donors (Lipinski definition) is 1. The van der Waals surface area contributed by atoms with E-state index < -0.39 is 18.0 Å². The molecule has 0 radical (unpaired) electrons. The molecule has 0 spiro atoms.